The first-order valence-corrected chi connectivity index (χ1v) is 9.46. The van der Waals surface area contributed by atoms with Crippen molar-refractivity contribution >= 4 is 27.3 Å². The van der Waals surface area contributed by atoms with Crippen LogP contribution in [0.2, 0.25) is 0 Å². The van der Waals surface area contributed by atoms with E-state index in [4.69, 9.17) is 0 Å². The number of rotatable bonds is 6. The van der Waals surface area contributed by atoms with Gasteiger partial charge in [-0.05, 0) is 55.3 Å². The molecule has 1 atom stereocenters. The maximum absolute atomic E-state index is 13.1. The number of amides is 1. The highest BCUT2D eigenvalue weighted by molar-refractivity contribution is 7.92. The van der Waals surface area contributed by atoms with Crippen LogP contribution in [-0.4, -0.2) is 20.1 Å². The van der Waals surface area contributed by atoms with Crippen LogP contribution in [0.15, 0.2) is 42.5 Å². The second kappa shape index (κ2) is 7.65. The summed E-state index contributed by atoms with van der Waals surface area (Å²) in [5.41, 5.74) is 2.89. The van der Waals surface area contributed by atoms with Crippen molar-refractivity contribution in [1.82, 2.24) is 0 Å². The van der Waals surface area contributed by atoms with Crippen molar-refractivity contribution in [1.29, 1.82) is 0 Å². The second-order valence-corrected chi connectivity index (χ2v) is 7.85. The maximum Gasteiger partial charge on any atom is 0.233 e. The Bertz CT molecular complexity index is 882. The second-order valence-electron chi connectivity index (χ2n) is 6.08. The number of sulfonamides is 1. The van der Waals surface area contributed by atoms with Crippen molar-refractivity contribution < 1.29 is 17.6 Å². The molecule has 0 aromatic heterocycles. The van der Waals surface area contributed by atoms with Crippen LogP contribution in [0.1, 0.15) is 18.1 Å². The van der Waals surface area contributed by atoms with Gasteiger partial charge in [-0.25, -0.2) is 12.8 Å². The Morgan fingerprint density at radius 2 is 1.80 bits per heavy atom. The number of nitrogens with one attached hydrogen (secondary N) is 2. The molecule has 5 nitrogen and oxygen atoms in total. The number of benzene rings is 2. The first kappa shape index (κ1) is 18.9. The van der Waals surface area contributed by atoms with Crippen LogP contribution in [0.5, 0.6) is 0 Å². The molecule has 0 saturated carbocycles. The average Bonchev–Trinajstić information content (AvgIpc) is 2.50. The van der Waals surface area contributed by atoms with Crippen LogP contribution in [-0.2, 0) is 14.8 Å². The highest BCUT2D eigenvalue weighted by atomic mass is 32.2. The number of aryl methyl sites for hydroxylation is 2. The lowest BCUT2D eigenvalue weighted by atomic mass is 10.1. The topological polar surface area (TPSA) is 75.3 Å². The minimum absolute atomic E-state index is 0.127. The van der Waals surface area contributed by atoms with E-state index in [1.54, 1.807) is 6.07 Å². The molecule has 7 heteroatoms. The third kappa shape index (κ3) is 5.56. The van der Waals surface area contributed by atoms with E-state index in [-0.39, 0.29) is 5.69 Å². The number of carbonyl (C=O) groups is 1. The molecule has 25 heavy (non-hydrogen) atoms. The summed E-state index contributed by atoms with van der Waals surface area (Å²) < 4.78 is 39.7. The van der Waals surface area contributed by atoms with Crippen LogP contribution < -0.4 is 10.0 Å². The molecule has 0 bridgehead atoms. The van der Waals surface area contributed by atoms with Crippen LogP contribution in [0.25, 0.3) is 0 Å². The van der Waals surface area contributed by atoms with E-state index >= 15 is 0 Å². The normalized spacial score (nSPS) is 12.5. The quantitative estimate of drug-likeness (QED) is 0.824. The molecule has 2 aromatic rings. The maximum atomic E-state index is 13.1. The molecule has 1 unspecified atom stereocenters. The Morgan fingerprint density at radius 1 is 1.08 bits per heavy atom. The predicted molar refractivity (Wildman–Crippen MR) is 97.5 cm³/mol. The number of carbonyl (C=O) groups excluding carboxylic acids is 1. The van der Waals surface area contributed by atoms with E-state index in [1.165, 1.54) is 25.1 Å². The molecule has 0 heterocycles. The van der Waals surface area contributed by atoms with Crippen LogP contribution in [0, 0.1) is 25.6 Å². The monoisotopic (exact) mass is 364 g/mol. The summed E-state index contributed by atoms with van der Waals surface area (Å²) in [5, 5.41) is 2.71. The fourth-order valence-electron chi connectivity index (χ4n) is 2.26. The average molecular weight is 364 g/mol. The zero-order chi connectivity index (χ0) is 18.6. The molecule has 2 rings (SSSR count). The number of anilines is 2. The lowest BCUT2D eigenvalue weighted by Crippen LogP contribution is -2.29. The van der Waals surface area contributed by atoms with Crippen molar-refractivity contribution in [2.45, 2.75) is 20.8 Å². The fraction of sp³-hybridized carbons (Fsp3) is 0.278. The van der Waals surface area contributed by atoms with E-state index in [9.17, 15) is 17.6 Å². The fourth-order valence-corrected chi connectivity index (χ4v) is 3.64. The predicted octanol–water partition coefficient (Wildman–Crippen LogP) is 3.46. The minimum atomic E-state index is -3.78. The van der Waals surface area contributed by atoms with Gasteiger partial charge >= 0.3 is 0 Å². The largest absolute Gasteiger partial charge is 0.326 e. The summed E-state index contributed by atoms with van der Waals surface area (Å²) in [6.07, 6.45) is 0. The van der Waals surface area contributed by atoms with Gasteiger partial charge < -0.3 is 5.32 Å². The summed E-state index contributed by atoms with van der Waals surface area (Å²) in [5.74, 6) is -2.11. The first-order chi connectivity index (χ1) is 11.7. The van der Waals surface area contributed by atoms with Crippen LogP contribution in [0.3, 0.4) is 0 Å². The summed E-state index contributed by atoms with van der Waals surface area (Å²) in [6, 6.07) is 10.6. The third-order valence-corrected chi connectivity index (χ3v) is 5.27. The Kier molecular flexibility index (Phi) is 5.79. The number of hydrogen-bond acceptors (Lipinski definition) is 3. The van der Waals surface area contributed by atoms with E-state index in [0.717, 1.165) is 17.2 Å². The summed E-state index contributed by atoms with van der Waals surface area (Å²) in [6.45, 7) is 5.43. The summed E-state index contributed by atoms with van der Waals surface area (Å²) >= 11 is 0. The number of hydrogen-bond donors (Lipinski definition) is 2. The van der Waals surface area contributed by atoms with Gasteiger partial charge in [0.1, 0.15) is 5.82 Å². The molecule has 2 N–H and O–H groups in total. The lowest BCUT2D eigenvalue weighted by Gasteiger charge is -2.14. The highest BCUT2D eigenvalue weighted by Gasteiger charge is 2.22. The van der Waals surface area contributed by atoms with E-state index in [2.05, 4.69) is 10.0 Å². The van der Waals surface area contributed by atoms with Gasteiger partial charge in [-0.15, -0.1) is 0 Å². The van der Waals surface area contributed by atoms with Crippen molar-refractivity contribution in [2.75, 3.05) is 15.8 Å². The van der Waals surface area contributed by atoms with Crippen LogP contribution in [0.4, 0.5) is 15.8 Å². The third-order valence-electron chi connectivity index (χ3n) is 3.79. The number of halogens is 1. The molecule has 0 aliphatic rings. The van der Waals surface area contributed by atoms with Gasteiger partial charge in [-0.3, -0.25) is 9.52 Å². The van der Waals surface area contributed by atoms with Crippen molar-refractivity contribution in [3.8, 4) is 0 Å². The van der Waals surface area contributed by atoms with Crippen molar-refractivity contribution in [2.24, 2.45) is 5.92 Å². The molecule has 0 spiro atoms. The Morgan fingerprint density at radius 3 is 2.44 bits per heavy atom. The van der Waals surface area contributed by atoms with Crippen molar-refractivity contribution in [3.05, 3.63) is 59.4 Å². The van der Waals surface area contributed by atoms with E-state index in [1.807, 2.05) is 26.0 Å². The zero-order valence-electron chi connectivity index (χ0n) is 14.3. The molecule has 0 fully saturated rings. The van der Waals surface area contributed by atoms with Gasteiger partial charge in [0, 0.05) is 5.69 Å². The Labute approximate surface area is 147 Å². The smallest absolute Gasteiger partial charge is 0.233 e. The van der Waals surface area contributed by atoms with Gasteiger partial charge in [0.25, 0.3) is 0 Å². The van der Waals surface area contributed by atoms with Gasteiger partial charge in [-0.1, -0.05) is 19.1 Å². The first-order valence-electron chi connectivity index (χ1n) is 7.80. The summed E-state index contributed by atoms with van der Waals surface area (Å²) in [7, 11) is -3.78. The minimum Gasteiger partial charge on any atom is -0.326 e. The molecule has 0 radical (unpaired) electrons. The highest BCUT2D eigenvalue weighted by Crippen LogP contribution is 2.16. The molecule has 0 aliphatic heterocycles. The van der Waals surface area contributed by atoms with Gasteiger partial charge in [-0.2, -0.15) is 0 Å². The van der Waals surface area contributed by atoms with Gasteiger partial charge in [0.2, 0.25) is 15.9 Å². The van der Waals surface area contributed by atoms with Crippen LogP contribution >= 0.6 is 0 Å². The molecule has 2 aromatic carbocycles. The molecule has 0 aliphatic carbocycles. The van der Waals surface area contributed by atoms with E-state index in [0.29, 0.717) is 5.69 Å². The molecule has 134 valence electrons. The molecular formula is C18H21FN2O3S. The Balaban J connectivity index is 2.00. The van der Waals surface area contributed by atoms with E-state index < -0.39 is 33.4 Å². The standard InChI is InChI=1S/C18H21FN2O3S/c1-12-7-8-16(9-13(12)2)20-18(22)14(3)11-25(23,24)21-17-6-4-5-15(19)10-17/h4-10,14,21H,11H2,1-3H3,(H,20,22). The Hall–Kier alpha value is -2.41. The zero-order valence-corrected chi connectivity index (χ0v) is 15.2. The lowest BCUT2D eigenvalue weighted by molar-refractivity contribution is -0.118. The van der Waals surface area contributed by atoms with Crippen molar-refractivity contribution in [3.63, 3.8) is 0 Å². The molecule has 0 saturated heterocycles. The molecule has 1 amide bonds. The molecular weight excluding hydrogens is 343 g/mol. The SMILES string of the molecule is Cc1ccc(NC(=O)C(C)CS(=O)(=O)Nc2cccc(F)c2)cc1C. The van der Waals surface area contributed by atoms with Gasteiger partial charge in [0.05, 0.1) is 17.4 Å². The summed E-state index contributed by atoms with van der Waals surface area (Å²) in [4.78, 5) is 12.2. The van der Waals surface area contributed by atoms with Gasteiger partial charge in [0.15, 0.2) is 0 Å².